The molecule has 5 nitrogen and oxygen atoms in total. The maximum atomic E-state index is 11.6. The number of benzene rings is 2. The van der Waals surface area contributed by atoms with Gasteiger partial charge in [-0.05, 0) is 56.3 Å². The number of nitrogens with zero attached hydrogens (tertiary/aromatic N) is 2. The standard InChI is InChI=1S/C21H20N2O3/c1-14-11-17(13-22-18-5-4-6-20(24)12-18)15(2)23(14)19-9-7-16(8-10-19)21(25)26-3/h4-13,24H,1-3H3. The van der Waals surface area contributed by atoms with Gasteiger partial charge in [0.25, 0.3) is 0 Å². The second kappa shape index (κ2) is 7.27. The Kier molecular flexibility index (Phi) is 4.89. The number of ether oxygens (including phenoxy) is 1. The zero-order chi connectivity index (χ0) is 18.7. The summed E-state index contributed by atoms with van der Waals surface area (Å²) in [6.07, 6.45) is 1.79. The molecule has 0 amide bonds. The summed E-state index contributed by atoms with van der Waals surface area (Å²) in [4.78, 5) is 16.0. The van der Waals surface area contributed by atoms with Crippen LogP contribution in [0.2, 0.25) is 0 Å². The molecule has 0 aliphatic rings. The Morgan fingerprint density at radius 1 is 1.12 bits per heavy atom. The minimum atomic E-state index is -0.351. The number of phenols is 1. The summed E-state index contributed by atoms with van der Waals surface area (Å²) in [6, 6.07) is 16.2. The maximum absolute atomic E-state index is 11.6. The number of aliphatic imine (C=N–C) groups is 1. The topological polar surface area (TPSA) is 63.8 Å². The lowest BCUT2D eigenvalue weighted by Gasteiger charge is -2.10. The molecule has 0 atom stereocenters. The van der Waals surface area contributed by atoms with Crippen molar-refractivity contribution >= 4 is 17.9 Å². The molecule has 0 aliphatic heterocycles. The van der Waals surface area contributed by atoms with Crippen LogP contribution in [-0.4, -0.2) is 29.0 Å². The summed E-state index contributed by atoms with van der Waals surface area (Å²) >= 11 is 0. The van der Waals surface area contributed by atoms with Gasteiger partial charge in [0.15, 0.2) is 0 Å². The number of carbonyl (C=O) groups is 1. The third kappa shape index (κ3) is 3.52. The molecule has 0 bridgehead atoms. The lowest BCUT2D eigenvalue weighted by molar-refractivity contribution is 0.0600. The Morgan fingerprint density at radius 3 is 2.50 bits per heavy atom. The fraction of sp³-hybridized carbons (Fsp3) is 0.143. The number of hydrogen-bond acceptors (Lipinski definition) is 4. The molecule has 0 aliphatic carbocycles. The number of hydrogen-bond donors (Lipinski definition) is 1. The van der Waals surface area contributed by atoms with Crippen molar-refractivity contribution in [2.75, 3.05) is 7.11 Å². The summed E-state index contributed by atoms with van der Waals surface area (Å²) in [5.41, 5.74) is 5.26. The van der Waals surface area contributed by atoms with Crippen molar-refractivity contribution in [3.63, 3.8) is 0 Å². The van der Waals surface area contributed by atoms with Gasteiger partial charge in [-0.1, -0.05) is 6.07 Å². The molecule has 0 spiro atoms. The van der Waals surface area contributed by atoms with Crippen LogP contribution in [0.3, 0.4) is 0 Å². The predicted molar refractivity (Wildman–Crippen MR) is 102 cm³/mol. The number of esters is 1. The van der Waals surface area contributed by atoms with Crippen molar-refractivity contribution in [2.45, 2.75) is 13.8 Å². The van der Waals surface area contributed by atoms with Gasteiger partial charge in [0.2, 0.25) is 0 Å². The van der Waals surface area contributed by atoms with Gasteiger partial charge in [-0.2, -0.15) is 0 Å². The minimum Gasteiger partial charge on any atom is -0.508 e. The van der Waals surface area contributed by atoms with Gasteiger partial charge in [-0.3, -0.25) is 4.99 Å². The SMILES string of the molecule is COC(=O)c1ccc(-n2c(C)cc(C=Nc3cccc(O)c3)c2C)cc1. The van der Waals surface area contributed by atoms with E-state index in [4.69, 9.17) is 4.74 Å². The van der Waals surface area contributed by atoms with E-state index < -0.39 is 0 Å². The number of methoxy groups -OCH3 is 1. The lowest BCUT2D eigenvalue weighted by atomic mass is 10.2. The highest BCUT2D eigenvalue weighted by Crippen LogP contribution is 2.22. The number of aromatic nitrogens is 1. The van der Waals surface area contributed by atoms with Crippen molar-refractivity contribution in [1.82, 2.24) is 4.57 Å². The first-order valence-corrected chi connectivity index (χ1v) is 8.20. The molecule has 5 heteroatoms. The fourth-order valence-electron chi connectivity index (χ4n) is 2.90. The Morgan fingerprint density at radius 2 is 1.85 bits per heavy atom. The van der Waals surface area contributed by atoms with Crippen LogP contribution in [0, 0.1) is 13.8 Å². The van der Waals surface area contributed by atoms with Crippen LogP contribution in [0.5, 0.6) is 5.75 Å². The van der Waals surface area contributed by atoms with Gasteiger partial charge in [0.1, 0.15) is 5.75 Å². The van der Waals surface area contributed by atoms with Gasteiger partial charge >= 0.3 is 5.97 Å². The number of carbonyl (C=O) groups excluding carboxylic acids is 1. The van der Waals surface area contributed by atoms with Gasteiger partial charge in [-0.25, -0.2) is 4.79 Å². The Labute approximate surface area is 152 Å². The Hall–Kier alpha value is -3.34. The molecule has 2 aromatic carbocycles. The highest BCUT2D eigenvalue weighted by atomic mass is 16.5. The third-order valence-electron chi connectivity index (χ3n) is 4.20. The van der Waals surface area contributed by atoms with Crippen molar-refractivity contribution in [3.05, 3.63) is 77.1 Å². The minimum absolute atomic E-state index is 0.191. The summed E-state index contributed by atoms with van der Waals surface area (Å²) in [5.74, 6) is -0.160. The third-order valence-corrected chi connectivity index (χ3v) is 4.20. The summed E-state index contributed by atoms with van der Waals surface area (Å²) < 4.78 is 6.84. The summed E-state index contributed by atoms with van der Waals surface area (Å²) in [7, 11) is 1.37. The zero-order valence-electron chi connectivity index (χ0n) is 14.9. The van der Waals surface area contributed by atoms with Crippen LogP contribution in [0.25, 0.3) is 5.69 Å². The molecule has 26 heavy (non-hydrogen) atoms. The smallest absolute Gasteiger partial charge is 0.337 e. The average Bonchev–Trinajstić information content (AvgIpc) is 2.93. The molecule has 1 N–H and O–H groups in total. The molecule has 0 radical (unpaired) electrons. The lowest BCUT2D eigenvalue weighted by Crippen LogP contribution is -2.03. The van der Waals surface area contributed by atoms with E-state index in [1.807, 2.05) is 32.0 Å². The van der Waals surface area contributed by atoms with E-state index in [0.29, 0.717) is 11.3 Å². The van der Waals surface area contributed by atoms with Gasteiger partial charge in [0.05, 0.1) is 18.4 Å². The first-order valence-electron chi connectivity index (χ1n) is 8.20. The number of aromatic hydroxyl groups is 1. The van der Waals surface area contributed by atoms with Gasteiger partial charge < -0.3 is 14.4 Å². The van der Waals surface area contributed by atoms with Crippen molar-refractivity contribution in [1.29, 1.82) is 0 Å². The van der Waals surface area contributed by atoms with E-state index in [9.17, 15) is 9.90 Å². The number of aryl methyl sites for hydroxylation is 1. The van der Waals surface area contributed by atoms with Crippen LogP contribution in [0.1, 0.15) is 27.3 Å². The molecular formula is C21H20N2O3. The maximum Gasteiger partial charge on any atom is 0.337 e. The summed E-state index contributed by atoms with van der Waals surface area (Å²) in [5, 5.41) is 9.53. The van der Waals surface area contributed by atoms with E-state index in [2.05, 4.69) is 15.6 Å². The van der Waals surface area contributed by atoms with Crippen LogP contribution in [0.15, 0.2) is 59.6 Å². The second-order valence-electron chi connectivity index (χ2n) is 5.98. The second-order valence-corrected chi connectivity index (χ2v) is 5.98. The number of rotatable bonds is 4. The molecule has 3 aromatic rings. The molecule has 132 valence electrons. The molecule has 0 fully saturated rings. The van der Waals surface area contributed by atoms with E-state index in [-0.39, 0.29) is 11.7 Å². The van der Waals surface area contributed by atoms with Gasteiger partial charge in [0, 0.05) is 34.9 Å². The van der Waals surface area contributed by atoms with Crippen molar-refractivity contribution in [2.24, 2.45) is 4.99 Å². The van der Waals surface area contributed by atoms with Crippen LogP contribution in [0.4, 0.5) is 5.69 Å². The van der Waals surface area contributed by atoms with Crippen LogP contribution in [-0.2, 0) is 4.74 Å². The van der Waals surface area contributed by atoms with Crippen molar-refractivity contribution in [3.8, 4) is 11.4 Å². The monoisotopic (exact) mass is 348 g/mol. The molecule has 0 saturated carbocycles. The van der Waals surface area contributed by atoms with E-state index in [1.165, 1.54) is 7.11 Å². The molecule has 0 saturated heterocycles. The highest BCUT2D eigenvalue weighted by molar-refractivity contribution is 5.89. The average molecular weight is 348 g/mol. The first kappa shape index (κ1) is 17.5. The highest BCUT2D eigenvalue weighted by Gasteiger charge is 2.11. The molecule has 3 rings (SSSR count). The van der Waals surface area contributed by atoms with Crippen LogP contribution >= 0.6 is 0 Å². The van der Waals surface area contributed by atoms with Gasteiger partial charge in [-0.15, -0.1) is 0 Å². The largest absolute Gasteiger partial charge is 0.508 e. The molecule has 0 unspecified atom stereocenters. The molecule has 1 aromatic heterocycles. The van der Waals surface area contributed by atoms with Crippen LogP contribution < -0.4 is 0 Å². The molecule has 1 heterocycles. The fourth-order valence-corrected chi connectivity index (χ4v) is 2.90. The number of phenolic OH excluding ortho intramolecular Hbond substituents is 1. The summed E-state index contributed by atoms with van der Waals surface area (Å²) in [6.45, 7) is 4.04. The Balaban J connectivity index is 1.92. The predicted octanol–water partition coefficient (Wildman–Crippen LogP) is 4.34. The molecular weight excluding hydrogens is 328 g/mol. The normalized spacial score (nSPS) is 11.0. The van der Waals surface area contributed by atoms with E-state index >= 15 is 0 Å². The first-order chi connectivity index (χ1) is 12.5. The Bertz CT molecular complexity index is 969. The zero-order valence-corrected chi connectivity index (χ0v) is 14.9. The van der Waals surface area contributed by atoms with E-state index in [0.717, 1.165) is 22.6 Å². The van der Waals surface area contributed by atoms with E-state index in [1.54, 1.807) is 36.5 Å². The quantitative estimate of drug-likeness (QED) is 0.563. The van der Waals surface area contributed by atoms with Crippen molar-refractivity contribution < 1.29 is 14.6 Å².